The lowest BCUT2D eigenvalue weighted by atomic mass is 9.99. The van der Waals surface area contributed by atoms with E-state index < -0.39 is 0 Å². The van der Waals surface area contributed by atoms with Crippen LogP contribution in [0.5, 0.6) is 0 Å². The van der Waals surface area contributed by atoms with Gasteiger partial charge in [-0.15, -0.1) is 0 Å². The van der Waals surface area contributed by atoms with Gasteiger partial charge in [-0.2, -0.15) is 0 Å². The molecule has 0 aromatic heterocycles. The summed E-state index contributed by atoms with van der Waals surface area (Å²) in [5, 5.41) is 8.54. The predicted molar refractivity (Wildman–Crippen MR) is 113 cm³/mol. The van der Waals surface area contributed by atoms with E-state index in [4.69, 9.17) is 28.8 Å². The Morgan fingerprint density at radius 2 is 0.964 bits per heavy atom. The summed E-state index contributed by atoms with van der Waals surface area (Å²) < 4.78 is 27.0. The zero-order valence-corrected chi connectivity index (χ0v) is 18.5. The Balaban J connectivity index is 3.09. The van der Waals surface area contributed by atoms with Gasteiger partial charge < -0.3 is 28.8 Å². The first-order valence-corrected chi connectivity index (χ1v) is 11.3. The molecule has 0 aliphatic carbocycles. The van der Waals surface area contributed by atoms with E-state index in [9.17, 15) is 0 Å². The van der Waals surface area contributed by atoms with Gasteiger partial charge in [0, 0.05) is 6.61 Å². The monoisotopic (exact) mass is 406 g/mol. The van der Waals surface area contributed by atoms with Gasteiger partial charge in [-0.3, -0.25) is 0 Å². The third-order valence-electron chi connectivity index (χ3n) is 4.53. The maximum atomic E-state index is 8.54. The maximum absolute atomic E-state index is 8.54. The molecule has 0 spiro atoms. The van der Waals surface area contributed by atoms with Gasteiger partial charge in [0.2, 0.25) is 0 Å². The van der Waals surface area contributed by atoms with Crippen molar-refractivity contribution in [1.29, 1.82) is 0 Å². The molecule has 0 heterocycles. The molecule has 0 aliphatic heterocycles. The minimum absolute atomic E-state index is 0.0481. The smallest absolute Gasteiger partial charge is 0.0701 e. The lowest BCUT2D eigenvalue weighted by molar-refractivity contribution is -0.0138. The van der Waals surface area contributed by atoms with Crippen LogP contribution in [-0.4, -0.2) is 77.8 Å². The molecule has 0 saturated carbocycles. The van der Waals surface area contributed by atoms with Gasteiger partial charge in [0.15, 0.2) is 0 Å². The molecular formula is C22H46O6. The molecule has 6 nitrogen and oxygen atoms in total. The standard InChI is InChI=1S/C22H46O6/c1-3-4-5-6-7-8-9-22(2)10-12-24-14-16-26-18-20-28-21-19-27-17-15-25-13-11-23/h22-23H,3-21H2,1-2H3. The summed E-state index contributed by atoms with van der Waals surface area (Å²) in [7, 11) is 0. The average Bonchev–Trinajstić information content (AvgIpc) is 2.70. The fourth-order valence-corrected chi connectivity index (χ4v) is 2.75. The maximum Gasteiger partial charge on any atom is 0.0701 e. The van der Waals surface area contributed by atoms with Crippen LogP contribution in [0.2, 0.25) is 0 Å². The van der Waals surface area contributed by atoms with Crippen LogP contribution in [0.3, 0.4) is 0 Å². The van der Waals surface area contributed by atoms with Crippen molar-refractivity contribution in [2.75, 3.05) is 72.7 Å². The highest BCUT2D eigenvalue weighted by atomic mass is 16.6. The van der Waals surface area contributed by atoms with Crippen molar-refractivity contribution in [1.82, 2.24) is 0 Å². The van der Waals surface area contributed by atoms with Crippen LogP contribution in [0.15, 0.2) is 0 Å². The van der Waals surface area contributed by atoms with Crippen molar-refractivity contribution in [2.24, 2.45) is 5.92 Å². The molecule has 0 amide bonds. The van der Waals surface area contributed by atoms with Crippen LogP contribution in [-0.2, 0) is 23.7 Å². The molecule has 1 unspecified atom stereocenters. The normalized spacial score (nSPS) is 12.5. The Morgan fingerprint density at radius 3 is 1.46 bits per heavy atom. The first-order chi connectivity index (χ1) is 13.8. The van der Waals surface area contributed by atoms with E-state index in [1.165, 1.54) is 44.9 Å². The van der Waals surface area contributed by atoms with Crippen molar-refractivity contribution in [3.8, 4) is 0 Å². The van der Waals surface area contributed by atoms with Gasteiger partial charge in [-0.1, -0.05) is 58.8 Å². The lowest BCUT2D eigenvalue weighted by Crippen LogP contribution is -2.14. The summed E-state index contributed by atoms with van der Waals surface area (Å²) in [6.07, 6.45) is 10.7. The average molecular weight is 407 g/mol. The number of hydrogen-bond acceptors (Lipinski definition) is 6. The third-order valence-corrected chi connectivity index (χ3v) is 4.53. The van der Waals surface area contributed by atoms with Gasteiger partial charge >= 0.3 is 0 Å². The van der Waals surface area contributed by atoms with Gasteiger partial charge in [0.1, 0.15) is 0 Å². The quantitative estimate of drug-likeness (QED) is 0.246. The highest BCUT2D eigenvalue weighted by Gasteiger charge is 2.02. The van der Waals surface area contributed by atoms with Crippen molar-refractivity contribution in [3.63, 3.8) is 0 Å². The van der Waals surface area contributed by atoms with E-state index in [2.05, 4.69) is 13.8 Å². The second-order valence-corrected chi connectivity index (χ2v) is 7.24. The number of ether oxygens (including phenoxy) is 5. The van der Waals surface area contributed by atoms with Crippen LogP contribution in [0.25, 0.3) is 0 Å². The van der Waals surface area contributed by atoms with E-state index in [0.29, 0.717) is 59.5 Å². The Hall–Kier alpha value is -0.240. The van der Waals surface area contributed by atoms with Crippen molar-refractivity contribution < 1.29 is 28.8 Å². The molecule has 0 aromatic carbocycles. The van der Waals surface area contributed by atoms with Gasteiger partial charge in [0.05, 0.1) is 66.1 Å². The summed E-state index contributed by atoms with van der Waals surface area (Å²) in [5.74, 6) is 0.754. The number of unbranched alkanes of at least 4 members (excludes halogenated alkanes) is 5. The number of aliphatic hydroxyl groups is 1. The Kier molecular flexibility index (Phi) is 24.6. The molecule has 170 valence electrons. The van der Waals surface area contributed by atoms with E-state index in [1.807, 2.05) is 0 Å². The Bertz CT molecular complexity index is 278. The second-order valence-electron chi connectivity index (χ2n) is 7.24. The van der Waals surface area contributed by atoms with Crippen LogP contribution in [0.1, 0.15) is 65.2 Å². The van der Waals surface area contributed by atoms with E-state index >= 15 is 0 Å². The number of aliphatic hydroxyl groups excluding tert-OH is 1. The summed E-state index contributed by atoms with van der Waals surface area (Å²) in [6.45, 7) is 10.4. The fourth-order valence-electron chi connectivity index (χ4n) is 2.75. The lowest BCUT2D eigenvalue weighted by Gasteiger charge is -2.12. The topological polar surface area (TPSA) is 66.4 Å². The molecule has 0 radical (unpaired) electrons. The fraction of sp³-hybridized carbons (Fsp3) is 1.00. The molecule has 6 heteroatoms. The van der Waals surface area contributed by atoms with Gasteiger partial charge in [-0.25, -0.2) is 0 Å². The van der Waals surface area contributed by atoms with E-state index in [0.717, 1.165) is 18.9 Å². The van der Waals surface area contributed by atoms with Gasteiger partial charge in [0.25, 0.3) is 0 Å². The zero-order valence-electron chi connectivity index (χ0n) is 18.5. The molecule has 1 N–H and O–H groups in total. The first-order valence-electron chi connectivity index (χ1n) is 11.3. The molecule has 1 atom stereocenters. The second kappa shape index (κ2) is 24.8. The largest absolute Gasteiger partial charge is 0.394 e. The Morgan fingerprint density at radius 1 is 0.536 bits per heavy atom. The van der Waals surface area contributed by atoms with Crippen molar-refractivity contribution >= 4 is 0 Å². The predicted octanol–water partition coefficient (Wildman–Crippen LogP) is 3.84. The van der Waals surface area contributed by atoms with Crippen molar-refractivity contribution in [2.45, 2.75) is 65.2 Å². The molecule has 0 bridgehead atoms. The van der Waals surface area contributed by atoms with Crippen molar-refractivity contribution in [3.05, 3.63) is 0 Å². The van der Waals surface area contributed by atoms with Gasteiger partial charge in [-0.05, 0) is 12.3 Å². The molecule has 0 saturated heterocycles. The molecule has 0 aliphatic rings. The summed E-state index contributed by atoms with van der Waals surface area (Å²) in [5.41, 5.74) is 0. The van der Waals surface area contributed by atoms with Crippen LogP contribution < -0.4 is 0 Å². The highest BCUT2D eigenvalue weighted by Crippen LogP contribution is 2.14. The highest BCUT2D eigenvalue weighted by molar-refractivity contribution is 4.54. The van der Waals surface area contributed by atoms with E-state index in [1.54, 1.807) is 0 Å². The molecule has 28 heavy (non-hydrogen) atoms. The molecule has 0 fully saturated rings. The minimum atomic E-state index is 0.0481. The van der Waals surface area contributed by atoms with Crippen LogP contribution in [0.4, 0.5) is 0 Å². The summed E-state index contributed by atoms with van der Waals surface area (Å²) >= 11 is 0. The summed E-state index contributed by atoms with van der Waals surface area (Å²) in [4.78, 5) is 0. The van der Waals surface area contributed by atoms with Crippen LogP contribution >= 0.6 is 0 Å². The zero-order chi connectivity index (χ0) is 20.5. The summed E-state index contributed by atoms with van der Waals surface area (Å²) in [6, 6.07) is 0. The van der Waals surface area contributed by atoms with E-state index in [-0.39, 0.29) is 6.61 Å². The molecule has 0 aromatic rings. The first kappa shape index (κ1) is 27.8. The van der Waals surface area contributed by atoms with Crippen LogP contribution in [0, 0.1) is 5.92 Å². The Labute approximate surface area is 173 Å². The SMILES string of the molecule is CCCCCCCCC(C)CCOCCOCCOCCOCCOCCO. The molecule has 0 rings (SSSR count). The number of rotatable bonds is 24. The minimum Gasteiger partial charge on any atom is -0.394 e. The molecular weight excluding hydrogens is 360 g/mol. The third kappa shape index (κ3) is 23.8. The number of hydrogen-bond donors (Lipinski definition) is 1.